The van der Waals surface area contributed by atoms with Crippen LogP contribution in [0.1, 0.15) is 5.56 Å². The summed E-state index contributed by atoms with van der Waals surface area (Å²) in [6.07, 6.45) is 0.136. The van der Waals surface area contributed by atoms with E-state index in [4.69, 9.17) is 17.3 Å². The first-order valence-corrected chi connectivity index (χ1v) is 4.69. The van der Waals surface area contributed by atoms with Crippen molar-refractivity contribution in [1.29, 1.82) is 0 Å². The number of nitrogens with two attached hydrogens (primary N) is 1. The van der Waals surface area contributed by atoms with Crippen LogP contribution in [0.4, 0.5) is 4.79 Å². The van der Waals surface area contributed by atoms with E-state index >= 15 is 0 Å². The molecule has 4 nitrogen and oxygen atoms in total. The highest BCUT2D eigenvalue weighted by Gasteiger charge is 2.13. The van der Waals surface area contributed by atoms with Crippen molar-refractivity contribution in [3.05, 3.63) is 34.9 Å². The van der Waals surface area contributed by atoms with E-state index in [0.717, 1.165) is 10.5 Å². The first-order valence-electron chi connectivity index (χ1n) is 4.31. The number of amides is 3. The summed E-state index contributed by atoms with van der Waals surface area (Å²) in [4.78, 5) is 23.0. The third-order valence-electron chi connectivity index (χ3n) is 1.97. The number of carbonyl (C=O) groups is 2. The molecule has 0 saturated carbocycles. The molecule has 3 amide bonds. The normalized spacial score (nSPS) is 9.73. The summed E-state index contributed by atoms with van der Waals surface area (Å²) in [6.45, 7) is 0. The fourth-order valence-corrected chi connectivity index (χ4v) is 1.14. The number of rotatable bonds is 2. The van der Waals surface area contributed by atoms with Crippen molar-refractivity contribution < 1.29 is 9.59 Å². The summed E-state index contributed by atoms with van der Waals surface area (Å²) in [7, 11) is 1.35. The van der Waals surface area contributed by atoms with Gasteiger partial charge in [-0.3, -0.25) is 9.69 Å². The Morgan fingerprint density at radius 3 is 2.33 bits per heavy atom. The topological polar surface area (TPSA) is 63.4 Å². The first-order chi connectivity index (χ1) is 7.00. The van der Waals surface area contributed by atoms with Crippen molar-refractivity contribution in [1.82, 2.24) is 4.90 Å². The predicted octanol–water partition coefficient (Wildman–Crippen LogP) is 1.42. The van der Waals surface area contributed by atoms with E-state index in [1.54, 1.807) is 24.3 Å². The smallest absolute Gasteiger partial charge is 0.321 e. The highest BCUT2D eigenvalue weighted by Crippen LogP contribution is 2.10. The monoisotopic (exact) mass is 226 g/mol. The fourth-order valence-electron chi connectivity index (χ4n) is 1.02. The molecule has 0 radical (unpaired) electrons. The van der Waals surface area contributed by atoms with Crippen molar-refractivity contribution in [2.24, 2.45) is 5.73 Å². The van der Waals surface area contributed by atoms with E-state index in [1.807, 2.05) is 0 Å². The zero-order valence-corrected chi connectivity index (χ0v) is 8.99. The van der Waals surface area contributed by atoms with Crippen molar-refractivity contribution >= 4 is 23.5 Å². The third kappa shape index (κ3) is 3.25. The van der Waals surface area contributed by atoms with Crippen molar-refractivity contribution in [2.75, 3.05) is 7.05 Å². The highest BCUT2D eigenvalue weighted by molar-refractivity contribution is 6.30. The number of imide groups is 1. The van der Waals surface area contributed by atoms with Crippen LogP contribution >= 0.6 is 11.6 Å². The second-order valence-corrected chi connectivity index (χ2v) is 3.53. The van der Waals surface area contributed by atoms with Crippen LogP contribution in [-0.4, -0.2) is 23.9 Å². The van der Waals surface area contributed by atoms with Crippen LogP contribution in [0.3, 0.4) is 0 Å². The summed E-state index contributed by atoms with van der Waals surface area (Å²) in [6, 6.07) is 6.08. The molecule has 15 heavy (non-hydrogen) atoms. The molecule has 0 spiro atoms. The number of urea groups is 1. The van der Waals surface area contributed by atoms with Gasteiger partial charge in [-0.05, 0) is 17.7 Å². The molecule has 0 aliphatic carbocycles. The Bertz CT molecular complexity index is 376. The number of likely N-dealkylation sites (N-methyl/N-ethyl adjacent to an activating group) is 1. The predicted molar refractivity (Wildman–Crippen MR) is 57.5 cm³/mol. The summed E-state index contributed by atoms with van der Waals surface area (Å²) in [5.74, 6) is -0.343. The zero-order chi connectivity index (χ0) is 11.4. The van der Waals surface area contributed by atoms with Crippen molar-refractivity contribution in [3.8, 4) is 0 Å². The van der Waals surface area contributed by atoms with Gasteiger partial charge in [-0.25, -0.2) is 4.79 Å². The Labute approximate surface area is 92.6 Å². The molecule has 80 valence electrons. The van der Waals surface area contributed by atoms with Crippen LogP contribution in [0, 0.1) is 0 Å². The van der Waals surface area contributed by atoms with E-state index in [-0.39, 0.29) is 12.3 Å². The number of halogens is 1. The van der Waals surface area contributed by atoms with Crippen molar-refractivity contribution in [2.45, 2.75) is 6.42 Å². The molecule has 0 saturated heterocycles. The molecule has 2 N–H and O–H groups in total. The average molecular weight is 227 g/mol. The molecular formula is C10H11ClN2O2. The second-order valence-electron chi connectivity index (χ2n) is 3.09. The van der Waals surface area contributed by atoms with Gasteiger partial charge in [0.1, 0.15) is 0 Å². The van der Waals surface area contributed by atoms with Gasteiger partial charge in [-0.1, -0.05) is 23.7 Å². The van der Waals surface area contributed by atoms with E-state index in [2.05, 4.69) is 0 Å². The molecular weight excluding hydrogens is 216 g/mol. The zero-order valence-electron chi connectivity index (χ0n) is 8.24. The molecule has 0 aliphatic heterocycles. The average Bonchev–Trinajstić information content (AvgIpc) is 2.20. The van der Waals surface area contributed by atoms with Gasteiger partial charge in [-0.15, -0.1) is 0 Å². The Morgan fingerprint density at radius 2 is 1.87 bits per heavy atom. The molecule has 1 aromatic rings. The highest BCUT2D eigenvalue weighted by atomic mass is 35.5. The van der Waals surface area contributed by atoms with Crippen LogP contribution < -0.4 is 5.73 Å². The van der Waals surface area contributed by atoms with E-state index in [9.17, 15) is 9.59 Å². The number of hydrogen-bond donors (Lipinski definition) is 1. The Balaban J connectivity index is 2.66. The molecule has 0 aromatic heterocycles. The van der Waals surface area contributed by atoms with Crippen LogP contribution in [0.15, 0.2) is 24.3 Å². The maximum Gasteiger partial charge on any atom is 0.321 e. The van der Waals surface area contributed by atoms with E-state index in [0.29, 0.717) is 5.02 Å². The summed E-state index contributed by atoms with van der Waals surface area (Å²) in [5.41, 5.74) is 5.75. The summed E-state index contributed by atoms with van der Waals surface area (Å²) in [5, 5.41) is 0.606. The Kier molecular flexibility index (Phi) is 3.68. The van der Waals surface area contributed by atoms with E-state index < -0.39 is 6.03 Å². The molecule has 0 unspecified atom stereocenters. The number of benzene rings is 1. The standard InChI is InChI=1S/C10H11ClN2O2/c1-13(10(12)15)9(14)6-7-2-4-8(11)5-3-7/h2-5H,6H2,1H3,(H2,12,15). The van der Waals surface area contributed by atoms with Crippen LogP contribution in [-0.2, 0) is 11.2 Å². The molecule has 0 atom stereocenters. The third-order valence-corrected chi connectivity index (χ3v) is 2.23. The largest absolute Gasteiger partial charge is 0.351 e. The molecule has 5 heteroatoms. The summed E-state index contributed by atoms with van der Waals surface area (Å²) >= 11 is 5.69. The quantitative estimate of drug-likeness (QED) is 0.829. The van der Waals surface area contributed by atoms with Gasteiger partial charge in [0.2, 0.25) is 5.91 Å². The fraction of sp³-hybridized carbons (Fsp3) is 0.200. The van der Waals surface area contributed by atoms with Crippen molar-refractivity contribution in [3.63, 3.8) is 0 Å². The lowest BCUT2D eigenvalue weighted by Gasteiger charge is -2.11. The lowest BCUT2D eigenvalue weighted by molar-refractivity contribution is -0.126. The first kappa shape index (κ1) is 11.5. The van der Waals surface area contributed by atoms with Gasteiger partial charge in [0, 0.05) is 12.1 Å². The summed E-state index contributed by atoms with van der Waals surface area (Å²) < 4.78 is 0. The van der Waals surface area contributed by atoms with E-state index in [1.165, 1.54) is 7.05 Å². The minimum atomic E-state index is -0.756. The molecule has 0 fully saturated rings. The molecule has 0 bridgehead atoms. The number of primary amides is 1. The SMILES string of the molecule is CN(C(N)=O)C(=O)Cc1ccc(Cl)cc1. The van der Waals surface area contributed by atoms with Gasteiger partial charge < -0.3 is 5.73 Å². The van der Waals surface area contributed by atoms with Gasteiger partial charge >= 0.3 is 6.03 Å². The Morgan fingerprint density at radius 1 is 1.33 bits per heavy atom. The minimum Gasteiger partial charge on any atom is -0.351 e. The molecule has 1 aromatic carbocycles. The Hall–Kier alpha value is -1.55. The lowest BCUT2D eigenvalue weighted by Crippen LogP contribution is -2.38. The molecule has 0 heterocycles. The van der Waals surface area contributed by atoms with Crippen LogP contribution in [0.5, 0.6) is 0 Å². The maximum absolute atomic E-state index is 11.4. The number of hydrogen-bond acceptors (Lipinski definition) is 2. The minimum absolute atomic E-state index is 0.136. The van der Waals surface area contributed by atoms with Gasteiger partial charge in [0.05, 0.1) is 6.42 Å². The van der Waals surface area contributed by atoms with Crippen LogP contribution in [0.25, 0.3) is 0 Å². The number of carbonyl (C=O) groups excluding carboxylic acids is 2. The molecule has 1 rings (SSSR count). The second kappa shape index (κ2) is 4.79. The lowest BCUT2D eigenvalue weighted by atomic mass is 10.1. The van der Waals surface area contributed by atoms with Gasteiger partial charge in [-0.2, -0.15) is 0 Å². The van der Waals surface area contributed by atoms with Crippen LogP contribution in [0.2, 0.25) is 5.02 Å². The van der Waals surface area contributed by atoms with Gasteiger partial charge in [0.15, 0.2) is 0 Å². The number of nitrogens with zero attached hydrogens (tertiary/aromatic N) is 1. The molecule has 0 aliphatic rings. The van der Waals surface area contributed by atoms with Gasteiger partial charge in [0.25, 0.3) is 0 Å². The maximum atomic E-state index is 11.4.